The molecule has 0 aromatic heterocycles. The normalized spacial score (nSPS) is 15.9. The fourth-order valence-electron chi connectivity index (χ4n) is 3.10. The van der Waals surface area contributed by atoms with E-state index in [4.69, 9.17) is 16.3 Å². The molecule has 7 heteroatoms. The number of hydrogen-bond donors (Lipinski definition) is 0. The van der Waals surface area contributed by atoms with E-state index in [2.05, 4.69) is 4.90 Å². The van der Waals surface area contributed by atoms with Crippen molar-refractivity contribution in [3.05, 3.63) is 52.5 Å². The predicted octanol–water partition coefficient (Wildman–Crippen LogP) is 3.48. The first kappa shape index (κ1) is 19.0. The van der Waals surface area contributed by atoms with Gasteiger partial charge in [0.25, 0.3) is 0 Å². The van der Waals surface area contributed by atoms with Crippen LogP contribution in [-0.4, -0.2) is 46.0 Å². The molecular weight excluding hydrogens is 372 g/mol. The molecule has 1 saturated heterocycles. The lowest BCUT2D eigenvalue weighted by Gasteiger charge is -2.35. The van der Waals surface area contributed by atoms with E-state index in [1.54, 1.807) is 12.1 Å². The molecule has 0 amide bonds. The molecule has 1 aliphatic heterocycles. The van der Waals surface area contributed by atoms with E-state index < -0.39 is 10.0 Å². The minimum absolute atomic E-state index is 0.239. The van der Waals surface area contributed by atoms with Crippen molar-refractivity contribution in [3.63, 3.8) is 0 Å². The average Bonchev–Trinajstić information content (AvgIpc) is 2.64. The van der Waals surface area contributed by atoms with Crippen molar-refractivity contribution in [2.45, 2.75) is 18.7 Å². The van der Waals surface area contributed by atoms with Gasteiger partial charge in [-0.1, -0.05) is 11.6 Å². The molecule has 0 spiro atoms. The molecule has 2 aromatic rings. The Bertz CT molecular complexity index is 890. The Morgan fingerprint density at radius 1 is 0.962 bits per heavy atom. The van der Waals surface area contributed by atoms with Crippen molar-refractivity contribution in [1.82, 2.24) is 4.31 Å². The van der Waals surface area contributed by atoms with Gasteiger partial charge < -0.3 is 9.64 Å². The standard InChI is InChI=1S/C19H23ClN2O3S/c1-14-12-18(25-3)19(13-15(14)2)26(23,24)22-10-8-21(9-11-22)17-6-4-16(20)5-7-17/h4-7,12-13H,8-11H2,1-3H3. The Morgan fingerprint density at radius 3 is 2.12 bits per heavy atom. The van der Waals surface area contributed by atoms with E-state index in [0.29, 0.717) is 37.0 Å². The Morgan fingerprint density at radius 2 is 1.54 bits per heavy atom. The Kier molecular flexibility index (Phi) is 5.46. The van der Waals surface area contributed by atoms with Crippen LogP contribution < -0.4 is 9.64 Å². The smallest absolute Gasteiger partial charge is 0.246 e. The average molecular weight is 395 g/mol. The summed E-state index contributed by atoms with van der Waals surface area (Å²) in [7, 11) is -2.09. The van der Waals surface area contributed by atoms with E-state index in [9.17, 15) is 8.42 Å². The lowest BCUT2D eigenvalue weighted by atomic mass is 10.1. The summed E-state index contributed by atoms with van der Waals surface area (Å²) in [6.45, 7) is 5.98. The van der Waals surface area contributed by atoms with E-state index in [-0.39, 0.29) is 4.90 Å². The Balaban J connectivity index is 1.80. The summed E-state index contributed by atoms with van der Waals surface area (Å²) in [4.78, 5) is 2.41. The molecule has 3 rings (SSSR count). The summed E-state index contributed by atoms with van der Waals surface area (Å²) in [5, 5.41) is 0.691. The van der Waals surface area contributed by atoms with E-state index >= 15 is 0 Å². The van der Waals surface area contributed by atoms with Gasteiger partial charge in [0.1, 0.15) is 10.6 Å². The van der Waals surface area contributed by atoms with Crippen LogP contribution in [-0.2, 0) is 10.0 Å². The summed E-state index contributed by atoms with van der Waals surface area (Å²) < 4.78 is 33.1. The van der Waals surface area contributed by atoms with Crippen LogP contribution in [0.15, 0.2) is 41.3 Å². The van der Waals surface area contributed by atoms with E-state index in [1.807, 2.05) is 38.1 Å². The molecule has 1 aliphatic rings. The van der Waals surface area contributed by atoms with Gasteiger partial charge in [-0.2, -0.15) is 4.31 Å². The first-order valence-electron chi connectivity index (χ1n) is 8.49. The minimum Gasteiger partial charge on any atom is -0.495 e. The molecule has 0 saturated carbocycles. The van der Waals surface area contributed by atoms with Crippen molar-refractivity contribution in [1.29, 1.82) is 0 Å². The van der Waals surface area contributed by atoms with E-state index in [1.165, 1.54) is 11.4 Å². The van der Waals surface area contributed by atoms with Crippen LogP contribution in [0.2, 0.25) is 5.02 Å². The highest BCUT2D eigenvalue weighted by molar-refractivity contribution is 7.89. The third-order valence-corrected chi connectivity index (χ3v) is 7.00. The number of halogens is 1. The second-order valence-corrected chi connectivity index (χ2v) is 8.80. The maximum absolute atomic E-state index is 13.1. The summed E-state index contributed by atoms with van der Waals surface area (Å²) in [6, 6.07) is 11.1. The van der Waals surface area contributed by atoms with Crippen molar-refractivity contribution in [3.8, 4) is 5.75 Å². The quantitative estimate of drug-likeness (QED) is 0.796. The van der Waals surface area contributed by atoms with Gasteiger partial charge in [-0.3, -0.25) is 0 Å². The lowest BCUT2D eigenvalue weighted by molar-refractivity contribution is 0.374. The number of rotatable bonds is 4. The molecule has 0 unspecified atom stereocenters. The highest BCUT2D eigenvalue weighted by atomic mass is 35.5. The van der Waals surface area contributed by atoms with Gasteiger partial charge in [0.2, 0.25) is 10.0 Å². The summed E-state index contributed by atoms with van der Waals surface area (Å²) in [5.74, 6) is 0.397. The molecule has 0 atom stereocenters. The van der Waals surface area contributed by atoms with Crippen LogP contribution in [0.4, 0.5) is 5.69 Å². The Hall–Kier alpha value is -1.76. The highest BCUT2D eigenvalue weighted by Gasteiger charge is 2.31. The van der Waals surface area contributed by atoms with Crippen LogP contribution in [0.3, 0.4) is 0 Å². The summed E-state index contributed by atoms with van der Waals surface area (Å²) in [5.41, 5.74) is 2.99. The Labute approximate surface area is 160 Å². The van der Waals surface area contributed by atoms with Gasteiger partial charge >= 0.3 is 0 Å². The largest absolute Gasteiger partial charge is 0.495 e. The number of aryl methyl sites for hydroxylation is 2. The molecule has 2 aromatic carbocycles. The van der Waals surface area contributed by atoms with E-state index in [0.717, 1.165) is 16.8 Å². The molecule has 5 nitrogen and oxygen atoms in total. The first-order valence-corrected chi connectivity index (χ1v) is 10.3. The number of benzene rings is 2. The third-order valence-electron chi connectivity index (χ3n) is 4.83. The van der Waals surface area contributed by atoms with Crippen LogP contribution in [0, 0.1) is 13.8 Å². The number of nitrogens with zero attached hydrogens (tertiary/aromatic N) is 2. The van der Waals surface area contributed by atoms with Crippen LogP contribution in [0.25, 0.3) is 0 Å². The van der Waals surface area contributed by atoms with Crippen LogP contribution >= 0.6 is 11.6 Å². The van der Waals surface area contributed by atoms with Crippen LogP contribution in [0.1, 0.15) is 11.1 Å². The molecule has 0 aliphatic carbocycles. The maximum atomic E-state index is 13.1. The SMILES string of the molecule is COc1cc(C)c(C)cc1S(=O)(=O)N1CCN(c2ccc(Cl)cc2)CC1. The summed E-state index contributed by atoms with van der Waals surface area (Å²) >= 11 is 5.94. The predicted molar refractivity (Wildman–Crippen MR) is 105 cm³/mol. The molecule has 1 fully saturated rings. The molecular formula is C19H23ClN2O3S. The molecule has 140 valence electrons. The van der Waals surface area contributed by atoms with Gasteiger partial charge in [-0.25, -0.2) is 8.42 Å². The van der Waals surface area contributed by atoms with Crippen LogP contribution in [0.5, 0.6) is 5.75 Å². The number of piperazine rings is 1. The number of sulfonamides is 1. The fourth-order valence-corrected chi connectivity index (χ4v) is 4.87. The van der Waals surface area contributed by atoms with Gasteiger partial charge in [-0.15, -0.1) is 0 Å². The van der Waals surface area contributed by atoms with Crippen molar-refractivity contribution in [2.24, 2.45) is 0 Å². The van der Waals surface area contributed by atoms with Gasteiger partial charge in [0.15, 0.2) is 0 Å². The van der Waals surface area contributed by atoms with Gasteiger partial charge in [0, 0.05) is 36.9 Å². The summed E-state index contributed by atoms with van der Waals surface area (Å²) in [6.07, 6.45) is 0. The highest BCUT2D eigenvalue weighted by Crippen LogP contribution is 2.31. The number of hydrogen-bond acceptors (Lipinski definition) is 4. The topological polar surface area (TPSA) is 49.9 Å². The molecule has 1 heterocycles. The number of methoxy groups -OCH3 is 1. The number of anilines is 1. The molecule has 0 N–H and O–H groups in total. The second-order valence-electron chi connectivity index (χ2n) is 6.45. The maximum Gasteiger partial charge on any atom is 0.246 e. The van der Waals surface area contributed by atoms with Crippen molar-refractivity contribution < 1.29 is 13.2 Å². The van der Waals surface area contributed by atoms with Crippen molar-refractivity contribution in [2.75, 3.05) is 38.2 Å². The van der Waals surface area contributed by atoms with Gasteiger partial charge in [0.05, 0.1) is 7.11 Å². The zero-order chi connectivity index (χ0) is 18.9. The number of ether oxygens (including phenoxy) is 1. The zero-order valence-corrected chi connectivity index (χ0v) is 16.8. The minimum atomic E-state index is -3.60. The second kappa shape index (κ2) is 7.47. The molecule has 0 radical (unpaired) electrons. The molecule has 26 heavy (non-hydrogen) atoms. The van der Waals surface area contributed by atoms with Gasteiger partial charge in [-0.05, 0) is 61.4 Å². The monoisotopic (exact) mass is 394 g/mol. The molecule has 0 bridgehead atoms. The third kappa shape index (κ3) is 3.68. The first-order chi connectivity index (χ1) is 12.3. The lowest BCUT2D eigenvalue weighted by Crippen LogP contribution is -2.48. The zero-order valence-electron chi connectivity index (χ0n) is 15.2. The fraction of sp³-hybridized carbons (Fsp3) is 0.368. The van der Waals surface area contributed by atoms with Crippen molar-refractivity contribution >= 4 is 27.3 Å².